The molecule has 0 fully saturated rings. The SMILES string of the molecule is C#Cc1ccc(/C=C/C)nc1. The molecule has 1 aromatic heterocycles. The third-order valence-electron chi connectivity index (χ3n) is 1.29. The highest BCUT2D eigenvalue weighted by atomic mass is 14.7. The Morgan fingerprint density at radius 3 is 2.82 bits per heavy atom. The van der Waals surface area contributed by atoms with Gasteiger partial charge in [0, 0.05) is 11.8 Å². The number of nitrogens with zero attached hydrogens (tertiary/aromatic N) is 1. The zero-order valence-electron chi connectivity index (χ0n) is 6.41. The molecule has 0 radical (unpaired) electrons. The number of hydrogen-bond donors (Lipinski definition) is 0. The lowest BCUT2D eigenvalue weighted by atomic mass is 10.2. The van der Waals surface area contributed by atoms with Crippen LogP contribution in [0.4, 0.5) is 0 Å². The molecule has 1 heterocycles. The zero-order valence-corrected chi connectivity index (χ0v) is 6.41. The molecule has 0 aliphatic heterocycles. The van der Waals surface area contributed by atoms with Gasteiger partial charge in [0.25, 0.3) is 0 Å². The number of hydrogen-bond acceptors (Lipinski definition) is 1. The minimum atomic E-state index is 0.818. The zero-order chi connectivity index (χ0) is 8.10. The van der Waals surface area contributed by atoms with Gasteiger partial charge in [-0.2, -0.15) is 0 Å². The molecule has 0 atom stereocenters. The lowest BCUT2D eigenvalue weighted by Crippen LogP contribution is -1.80. The molecule has 0 N–H and O–H groups in total. The van der Waals surface area contributed by atoms with E-state index in [0.29, 0.717) is 0 Å². The first-order valence-corrected chi connectivity index (χ1v) is 3.42. The van der Waals surface area contributed by atoms with Crippen molar-refractivity contribution in [1.82, 2.24) is 4.98 Å². The van der Waals surface area contributed by atoms with Crippen LogP contribution in [0.1, 0.15) is 18.2 Å². The number of pyridine rings is 1. The van der Waals surface area contributed by atoms with Gasteiger partial charge in [-0.05, 0) is 25.1 Å². The van der Waals surface area contributed by atoms with E-state index in [9.17, 15) is 0 Å². The minimum absolute atomic E-state index is 0.818. The highest BCUT2D eigenvalue weighted by molar-refractivity contribution is 5.45. The van der Waals surface area contributed by atoms with Gasteiger partial charge in [-0.1, -0.05) is 12.0 Å². The van der Waals surface area contributed by atoms with E-state index in [4.69, 9.17) is 6.42 Å². The van der Waals surface area contributed by atoms with E-state index in [1.807, 2.05) is 31.2 Å². The van der Waals surface area contributed by atoms with Crippen LogP contribution in [0.5, 0.6) is 0 Å². The van der Waals surface area contributed by atoms with Gasteiger partial charge in [-0.3, -0.25) is 4.98 Å². The molecule has 0 aliphatic carbocycles. The molecule has 1 rings (SSSR count). The van der Waals surface area contributed by atoms with E-state index >= 15 is 0 Å². The Labute approximate surface area is 66.8 Å². The third kappa shape index (κ3) is 1.94. The molecule has 1 aromatic rings. The maximum Gasteiger partial charge on any atom is 0.0627 e. The van der Waals surface area contributed by atoms with Crippen LogP contribution in [-0.2, 0) is 0 Å². The Balaban J connectivity index is 2.94. The van der Waals surface area contributed by atoms with Crippen molar-refractivity contribution < 1.29 is 0 Å². The topological polar surface area (TPSA) is 12.9 Å². The summed E-state index contributed by atoms with van der Waals surface area (Å²) in [6, 6.07) is 3.78. The van der Waals surface area contributed by atoms with E-state index in [-0.39, 0.29) is 0 Å². The molecule has 0 saturated heterocycles. The van der Waals surface area contributed by atoms with E-state index in [1.54, 1.807) is 6.20 Å². The molecule has 0 aliphatic rings. The van der Waals surface area contributed by atoms with Crippen molar-refractivity contribution in [2.24, 2.45) is 0 Å². The summed E-state index contributed by atoms with van der Waals surface area (Å²) in [7, 11) is 0. The van der Waals surface area contributed by atoms with Crippen LogP contribution >= 0.6 is 0 Å². The molecule has 0 amide bonds. The van der Waals surface area contributed by atoms with Gasteiger partial charge in [-0.25, -0.2) is 0 Å². The van der Waals surface area contributed by atoms with E-state index < -0.39 is 0 Å². The molecular weight excluding hydrogens is 134 g/mol. The second-order valence-electron chi connectivity index (χ2n) is 2.12. The van der Waals surface area contributed by atoms with E-state index in [0.717, 1.165) is 11.3 Å². The highest BCUT2D eigenvalue weighted by Gasteiger charge is 1.87. The highest BCUT2D eigenvalue weighted by Crippen LogP contribution is 1.99. The fourth-order valence-electron chi connectivity index (χ4n) is 0.760. The molecular formula is C10H9N. The average molecular weight is 143 g/mol. The molecule has 11 heavy (non-hydrogen) atoms. The van der Waals surface area contributed by atoms with E-state index in [2.05, 4.69) is 10.9 Å². The largest absolute Gasteiger partial charge is 0.256 e. The van der Waals surface area contributed by atoms with Crippen LogP contribution in [-0.4, -0.2) is 4.98 Å². The smallest absolute Gasteiger partial charge is 0.0627 e. The predicted octanol–water partition coefficient (Wildman–Crippen LogP) is 2.10. The monoisotopic (exact) mass is 143 g/mol. The van der Waals surface area contributed by atoms with Crippen LogP contribution in [0.2, 0.25) is 0 Å². The molecule has 0 spiro atoms. The predicted molar refractivity (Wildman–Crippen MR) is 46.9 cm³/mol. The van der Waals surface area contributed by atoms with Crippen LogP contribution < -0.4 is 0 Å². The van der Waals surface area contributed by atoms with Crippen molar-refractivity contribution in [1.29, 1.82) is 0 Å². The molecule has 0 aromatic carbocycles. The van der Waals surface area contributed by atoms with Crippen LogP contribution in [0.15, 0.2) is 24.4 Å². The Hall–Kier alpha value is -1.55. The lowest BCUT2D eigenvalue weighted by Gasteiger charge is -1.91. The summed E-state index contributed by atoms with van der Waals surface area (Å²) in [5.74, 6) is 2.51. The summed E-state index contributed by atoms with van der Waals surface area (Å²) in [6.45, 7) is 1.96. The second-order valence-corrected chi connectivity index (χ2v) is 2.12. The number of allylic oxidation sites excluding steroid dienone is 1. The summed E-state index contributed by atoms with van der Waals surface area (Å²) >= 11 is 0. The van der Waals surface area contributed by atoms with Gasteiger partial charge in [-0.15, -0.1) is 6.42 Å². The van der Waals surface area contributed by atoms with Crippen LogP contribution in [0.25, 0.3) is 6.08 Å². The van der Waals surface area contributed by atoms with Gasteiger partial charge in [0.2, 0.25) is 0 Å². The van der Waals surface area contributed by atoms with Crippen molar-refractivity contribution in [3.63, 3.8) is 0 Å². The van der Waals surface area contributed by atoms with Crippen molar-refractivity contribution >= 4 is 6.08 Å². The minimum Gasteiger partial charge on any atom is -0.256 e. The first kappa shape index (κ1) is 7.56. The van der Waals surface area contributed by atoms with Crippen LogP contribution in [0.3, 0.4) is 0 Å². The van der Waals surface area contributed by atoms with Crippen molar-refractivity contribution in [3.8, 4) is 12.3 Å². The summed E-state index contributed by atoms with van der Waals surface area (Å²) < 4.78 is 0. The van der Waals surface area contributed by atoms with Crippen molar-refractivity contribution in [2.45, 2.75) is 6.92 Å². The Morgan fingerprint density at radius 1 is 1.55 bits per heavy atom. The molecule has 0 saturated carbocycles. The normalized spacial score (nSPS) is 9.82. The third-order valence-corrected chi connectivity index (χ3v) is 1.29. The number of aromatic nitrogens is 1. The summed E-state index contributed by atoms with van der Waals surface area (Å²) in [5.41, 5.74) is 1.75. The molecule has 1 heteroatoms. The molecule has 54 valence electrons. The fourth-order valence-corrected chi connectivity index (χ4v) is 0.760. The van der Waals surface area contributed by atoms with Gasteiger partial charge in [0.05, 0.1) is 5.69 Å². The lowest BCUT2D eigenvalue weighted by molar-refractivity contribution is 1.28. The molecule has 0 unspecified atom stereocenters. The fraction of sp³-hybridized carbons (Fsp3) is 0.100. The van der Waals surface area contributed by atoms with Gasteiger partial charge >= 0.3 is 0 Å². The van der Waals surface area contributed by atoms with Gasteiger partial charge < -0.3 is 0 Å². The Morgan fingerprint density at radius 2 is 2.36 bits per heavy atom. The number of rotatable bonds is 1. The van der Waals surface area contributed by atoms with Crippen molar-refractivity contribution in [3.05, 3.63) is 35.7 Å². The first-order chi connectivity index (χ1) is 5.36. The van der Waals surface area contributed by atoms with Crippen LogP contribution in [0, 0.1) is 12.3 Å². The summed E-state index contributed by atoms with van der Waals surface area (Å²) in [5, 5.41) is 0. The first-order valence-electron chi connectivity index (χ1n) is 3.42. The van der Waals surface area contributed by atoms with E-state index in [1.165, 1.54) is 0 Å². The maximum absolute atomic E-state index is 5.17. The summed E-state index contributed by atoms with van der Waals surface area (Å²) in [6.07, 6.45) is 10.7. The van der Waals surface area contributed by atoms with Gasteiger partial charge in [0.15, 0.2) is 0 Å². The summed E-state index contributed by atoms with van der Waals surface area (Å²) in [4.78, 5) is 4.11. The van der Waals surface area contributed by atoms with Gasteiger partial charge in [0.1, 0.15) is 0 Å². The standard InChI is InChI=1S/C10H9N/c1-3-5-10-7-6-9(4-2)8-11-10/h2-3,5-8H,1H3/b5-3+. The Bertz CT molecular complexity index is 288. The quantitative estimate of drug-likeness (QED) is 0.548. The Kier molecular flexibility index (Phi) is 2.46. The number of terminal acetylenes is 1. The maximum atomic E-state index is 5.17. The van der Waals surface area contributed by atoms with Crippen molar-refractivity contribution in [2.75, 3.05) is 0 Å². The average Bonchev–Trinajstić information content (AvgIpc) is 2.07. The molecule has 1 nitrogen and oxygen atoms in total. The molecule has 0 bridgehead atoms. The second kappa shape index (κ2) is 3.58.